The van der Waals surface area contributed by atoms with Crippen molar-refractivity contribution in [1.82, 2.24) is 4.98 Å². The third kappa shape index (κ3) is 3.47. The number of aromatic carboxylic acids is 1. The van der Waals surface area contributed by atoms with Crippen molar-refractivity contribution < 1.29 is 9.90 Å². The third-order valence-corrected chi connectivity index (χ3v) is 2.88. The van der Waals surface area contributed by atoms with E-state index >= 15 is 0 Å². The van der Waals surface area contributed by atoms with Gasteiger partial charge in [-0.25, -0.2) is 9.78 Å². The van der Waals surface area contributed by atoms with Gasteiger partial charge in [0.25, 0.3) is 0 Å². The summed E-state index contributed by atoms with van der Waals surface area (Å²) in [7, 11) is 3.98. The quantitative estimate of drug-likeness (QED) is 0.874. The van der Waals surface area contributed by atoms with Gasteiger partial charge in [-0.1, -0.05) is 6.07 Å². The first-order valence-corrected chi connectivity index (χ1v) is 6.27. The minimum absolute atomic E-state index is 0.0623. The van der Waals surface area contributed by atoms with Gasteiger partial charge in [0, 0.05) is 25.5 Å². The molecule has 0 radical (unpaired) electrons. The lowest BCUT2D eigenvalue weighted by Crippen LogP contribution is -2.09. The van der Waals surface area contributed by atoms with E-state index in [2.05, 4.69) is 10.3 Å². The summed E-state index contributed by atoms with van der Waals surface area (Å²) >= 11 is 0. The number of anilines is 2. The lowest BCUT2D eigenvalue weighted by molar-refractivity contribution is 0.0690. The lowest BCUT2D eigenvalue weighted by atomic mass is 10.2. The van der Waals surface area contributed by atoms with Crippen molar-refractivity contribution in [2.45, 2.75) is 6.54 Å². The number of nitrogens with zero attached hydrogens (tertiary/aromatic N) is 2. The van der Waals surface area contributed by atoms with Gasteiger partial charge in [-0.05, 0) is 36.4 Å². The molecule has 0 saturated heterocycles. The van der Waals surface area contributed by atoms with Crippen LogP contribution >= 0.6 is 0 Å². The van der Waals surface area contributed by atoms with E-state index in [4.69, 9.17) is 5.11 Å². The summed E-state index contributed by atoms with van der Waals surface area (Å²) in [6.07, 6.45) is 0. The van der Waals surface area contributed by atoms with E-state index in [1.54, 1.807) is 12.1 Å². The normalized spacial score (nSPS) is 10.1. The van der Waals surface area contributed by atoms with Crippen molar-refractivity contribution in [2.75, 3.05) is 24.3 Å². The molecular formula is C15H17N3O2. The van der Waals surface area contributed by atoms with Gasteiger partial charge in [0.2, 0.25) is 0 Å². The van der Waals surface area contributed by atoms with Crippen LogP contribution in [0.4, 0.5) is 11.4 Å². The summed E-state index contributed by atoms with van der Waals surface area (Å²) in [5.41, 5.74) is 2.86. The molecule has 104 valence electrons. The van der Waals surface area contributed by atoms with Crippen molar-refractivity contribution in [3.8, 4) is 0 Å². The average Bonchev–Trinajstić information content (AvgIpc) is 2.46. The molecule has 1 aromatic carbocycles. The smallest absolute Gasteiger partial charge is 0.354 e. The van der Waals surface area contributed by atoms with Crippen molar-refractivity contribution in [1.29, 1.82) is 0 Å². The fourth-order valence-electron chi connectivity index (χ4n) is 1.77. The number of pyridine rings is 1. The Hall–Kier alpha value is -2.56. The lowest BCUT2D eigenvalue weighted by Gasteiger charge is -2.13. The summed E-state index contributed by atoms with van der Waals surface area (Å²) in [6, 6.07) is 13.0. The van der Waals surface area contributed by atoms with Gasteiger partial charge in [-0.3, -0.25) is 0 Å². The van der Waals surface area contributed by atoms with E-state index < -0.39 is 5.97 Å². The highest BCUT2D eigenvalue weighted by Crippen LogP contribution is 2.16. The SMILES string of the molecule is CN(C)c1ccc(NCc2cccc(C(=O)O)n2)cc1. The number of nitrogens with one attached hydrogen (secondary N) is 1. The Bertz CT molecular complexity index is 594. The zero-order chi connectivity index (χ0) is 14.5. The van der Waals surface area contributed by atoms with Crippen LogP contribution in [0.25, 0.3) is 0 Å². The van der Waals surface area contributed by atoms with Crippen LogP contribution in [0.1, 0.15) is 16.2 Å². The number of carbonyl (C=O) groups is 1. The Morgan fingerprint density at radius 3 is 2.50 bits per heavy atom. The third-order valence-electron chi connectivity index (χ3n) is 2.88. The van der Waals surface area contributed by atoms with Gasteiger partial charge >= 0.3 is 5.97 Å². The minimum Gasteiger partial charge on any atom is -0.477 e. The van der Waals surface area contributed by atoms with Crippen LogP contribution in [-0.4, -0.2) is 30.2 Å². The van der Waals surface area contributed by atoms with Crippen LogP contribution in [-0.2, 0) is 6.54 Å². The first kappa shape index (κ1) is 13.9. The van der Waals surface area contributed by atoms with Gasteiger partial charge < -0.3 is 15.3 Å². The zero-order valence-electron chi connectivity index (χ0n) is 11.5. The van der Waals surface area contributed by atoms with E-state index in [9.17, 15) is 4.79 Å². The van der Waals surface area contributed by atoms with Crippen molar-refractivity contribution in [3.63, 3.8) is 0 Å². The number of benzene rings is 1. The molecule has 5 heteroatoms. The first-order chi connectivity index (χ1) is 9.56. The van der Waals surface area contributed by atoms with Gasteiger partial charge in [-0.15, -0.1) is 0 Å². The molecule has 0 saturated carbocycles. The minimum atomic E-state index is -1.01. The van der Waals surface area contributed by atoms with Crippen LogP contribution in [0.15, 0.2) is 42.5 Å². The Balaban J connectivity index is 2.01. The van der Waals surface area contributed by atoms with Crippen LogP contribution in [0, 0.1) is 0 Å². The van der Waals surface area contributed by atoms with Gasteiger partial charge in [0.05, 0.1) is 12.2 Å². The Kier molecular flexibility index (Phi) is 4.20. The second-order valence-corrected chi connectivity index (χ2v) is 4.61. The molecule has 0 aliphatic carbocycles. The number of carboxylic acids is 1. The topological polar surface area (TPSA) is 65.5 Å². The van der Waals surface area contributed by atoms with Gasteiger partial charge in [-0.2, -0.15) is 0 Å². The summed E-state index contributed by atoms with van der Waals surface area (Å²) in [5, 5.41) is 12.1. The van der Waals surface area contributed by atoms with E-state index in [-0.39, 0.29) is 5.69 Å². The fourth-order valence-corrected chi connectivity index (χ4v) is 1.77. The number of hydrogen-bond acceptors (Lipinski definition) is 4. The van der Waals surface area contributed by atoms with Crippen molar-refractivity contribution >= 4 is 17.3 Å². The summed E-state index contributed by atoms with van der Waals surface area (Å²) in [5.74, 6) is -1.01. The van der Waals surface area contributed by atoms with Crippen LogP contribution in [0.5, 0.6) is 0 Å². The molecule has 0 aliphatic rings. The first-order valence-electron chi connectivity index (χ1n) is 6.27. The van der Waals surface area contributed by atoms with E-state index in [0.29, 0.717) is 12.2 Å². The molecule has 0 fully saturated rings. The summed E-state index contributed by atoms with van der Waals surface area (Å²) in [6.45, 7) is 0.489. The molecule has 2 N–H and O–H groups in total. The van der Waals surface area contributed by atoms with Crippen LogP contribution in [0.3, 0.4) is 0 Å². The van der Waals surface area contributed by atoms with Crippen LogP contribution in [0.2, 0.25) is 0 Å². The molecule has 0 unspecified atom stereocenters. The average molecular weight is 271 g/mol. The second-order valence-electron chi connectivity index (χ2n) is 4.61. The molecule has 0 spiro atoms. The maximum atomic E-state index is 10.8. The zero-order valence-corrected chi connectivity index (χ0v) is 11.5. The highest BCUT2D eigenvalue weighted by Gasteiger charge is 2.04. The Morgan fingerprint density at radius 1 is 1.20 bits per heavy atom. The Labute approximate surface area is 117 Å². The summed E-state index contributed by atoms with van der Waals surface area (Å²) in [4.78, 5) is 16.9. The monoisotopic (exact) mass is 271 g/mol. The molecule has 1 aromatic heterocycles. The standard InChI is InChI=1S/C15H17N3O2/c1-18(2)13-8-6-11(7-9-13)16-10-12-4-3-5-14(17-12)15(19)20/h3-9,16H,10H2,1-2H3,(H,19,20). The number of rotatable bonds is 5. The highest BCUT2D eigenvalue weighted by atomic mass is 16.4. The molecule has 0 amide bonds. The predicted octanol–water partition coefficient (Wildman–Crippen LogP) is 2.46. The predicted molar refractivity (Wildman–Crippen MR) is 79.3 cm³/mol. The number of aromatic nitrogens is 1. The molecule has 0 atom stereocenters. The maximum absolute atomic E-state index is 10.8. The van der Waals surface area contributed by atoms with E-state index in [1.165, 1.54) is 6.07 Å². The molecule has 20 heavy (non-hydrogen) atoms. The van der Waals surface area contributed by atoms with E-state index in [1.807, 2.05) is 43.3 Å². The Morgan fingerprint density at radius 2 is 1.90 bits per heavy atom. The largest absolute Gasteiger partial charge is 0.477 e. The number of carboxylic acid groups (broad SMARTS) is 1. The fraction of sp³-hybridized carbons (Fsp3) is 0.200. The second kappa shape index (κ2) is 6.06. The van der Waals surface area contributed by atoms with Gasteiger partial charge in [0.15, 0.2) is 0 Å². The molecule has 2 rings (SSSR count). The molecule has 1 heterocycles. The highest BCUT2D eigenvalue weighted by molar-refractivity contribution is 5.85. The molecule has 2 aromatic rings. The van der Waals surface area contributed by atoms with E-state index in [0.717, 1.165) is 11.4 Å². The molecular weight excluding hydrogens is 254 g/mol. The number of hydrogen-bond donors (Lipinski definition) is 2. The maximum Gasteiger partial charge on any atom is 0.354 e. The molecule has 0 aliphatic heterocycles. The molecule has 5 nitrogen and oxygen atoms in total. The van der Waals surface area contributed by atoms with Crippen LogP contribution < -0.4 is 10.2 Å². The van der Waals surface area contributed by atoms with Crippen molar-refractivity contribution in [3.05, 3.63) is 53.9 Å². The summed E-state index contributed by atoms with van der Waals surface area (Å²) < 4.78 is 0. The molecule has 0 bridgehead atoms. The van der Waals surface area contributed by atoms with Gasteiger partial charge in [0.1, 0.15) is 5.69 Å². The van der Waals surface area contributed by atoms with Crippen molar-refractivity contribution in [2.24, 2.45) is 0 Å².